The van der Waals surface area contributed by atoms with Crippen molar-refractivity contribution in [1.82, 2.24) is 9.21 Å². The van der Waals surface area contributed by atoms with Crippen molar-refractivity contribution in [3.05, 3.63) is 48.0 Å². The Balaban J connectivity index is 1.29. The van der Waals surface area contributed by atoms with Crippen molar-refractivity contribution in [3.8, 4) is 5.75 Å². The second kappa shape index (κ2) is 10.8. The van der Waals surface area contributed by atoms with E-state index < -0.39 is 16.1 Å². The second-order valence-corrected chi connectivity index (χ2v) is 11.9. The van der Waals surface area contributed by atoms with E-state index in [1.165, 1.54) is 47.8 Å². The molecule has 0 spiro atoms. The molecule has 1 atom stereocenters. The molecule has 3 aliphatic rings. The molecule has 5 rings (SSSR count). The van der Waals surface area contributed by atoms with Crippen molar-refractivity contribution >= 4 is 33.2 Å². The van der Waals surface area contributed by atoms with E-state index in [1.54, 1.807) is 30.0 Å². The number of sulfonamides is 1. The molecule has 198 valence electrons. The molecular formula is C27H34N4O5S. The van der Waals surface area contributed by atoms with E-state index in [-0.39, 0.29) is 16.7 Å². The Morgan fingerprint density at radius 3 is 2.32 bits per heavy atom. The number of nitrogens with one attached hydrogen (secondary N) is 1. The number of anilines is 2. The SMILES string of the molecule is CC1Oc2ccc(NC(=O)c3ccc(S(=O)(=O)N4CCCC4)cc3)cc2N(CCN2CCCCC2)C1=O. The molecule has 0 saturated carbocycles. The number of likely N-dealkylation sites (tertiary alicyclic amines) is 1. The fourth-order valence-electron chi connectivity index (χ4n) is 5.20. The van der Waals surface area contributed by atoms with Gasteiger partial charge in [0.25, 0.3) is 11.8 Å². The molecule has 0 bridgehead atoms. The molecular weight excluding hydrogens is 492 g/mol. The van der Waals surface area contributed by atoms with Crippen LogP contribution in [0.15, 0.2) is 47.4 Å². The number of hydrogen-bond donors (Lipinski definition) is 1. The summed E-state index contributed by atoms with van der Waals surface area (Å²) in [4.78, 5) is 30.2. The lowest BCUT2D eigenvalue weighted by Crippen LogP contribution is -2.48. The van der Waals surface area contributed by atoms with Gasteiger partial charge in [-0.05, 0) is 88.2 Å². The molecule has 1 unspecified atom stereocenters. The van der Waals surface area contributed by atoms with Crippen LogP contribution in [0.3, 0.4) is 0 Å². The van der Waals surface area contributed by atoms with Gasteiger partial charge in [-0.2, -0.15) is 4.31 Å². The molecule has 9 nitrogen and oxygen atoms in total. The van der Waals surface area contributed by atoms with Crippen LogP contribution in [0.4, 0.5) is 11.4 Å². The molecule has 2 saturated heterocycles. The lowest BCUT2D eigenvalue weighted by molar-refractivity contribution is -0.125. The van der Waals surface area contributed by atoms with Crippen LogP contribution in [0.2, 0.25) is 0 Å². The minimum absolute atomic E-state index is 0.0946. The van der Waals surface area contributed by atoms with Gasteiger partial charge in [0, 0.05) is 37.4 Å². The average Bonchev–Trinajstić information content (AvgIpc) is 3.46. The van der Waals surface area contributed by atoms with Crippen molar-refractivity contribution in [2.45, 2.75) is 50.0 Å². The van der Waals surface area contributed by atoms with Crippen molar-refractivity contribution in [2.24, 2.45) is 0 Å². The number of fused-ring (bicyclic) bond motifs is 1. The van der Waals surface area contributed by atoms with Gasteiger partial charge in [-0.25, -0.2) is 8.42 Å². The zero-order valence-electron chi connectivity index (χ0n) is 21.2. The summed E-state index contributed by atoms with van der Waals surface area (Å²) in [6, 6.07) is 11.3. The molecule has 3 aliphatic heterocycles. The van der Waals surface area contributed by atoms with Crippen LogP contribution in [0, 0.1) is 0 Å². The Bertz CT molecular complexity index is 1250. The summed E-state index contributed by atoms with van der Waals surface area (Å²) < 4.78 is 32.8. The van der Waals surface area contributed by atoms with Gasteiger partial charge < -0.3 is 19.9 Å². The summed E-state index contributed by atoms with van der Waals surface area (Å²) in [6.07, 6.45) is 4.80. The Morgan fingerprint density at radius 2 is 1.62 bits per heavy atom. The maximum Gasteiger partial charge on any atom is 0.267 e. The van der Waals surface area contributed by atoms with E-state index >= 15 is 0 Å². The lowest BCUT2D eigenvalue weighted by atomic mass is 10.1. The predicted octanol–water partition coefficient (Wildman–Crippen LogP) is 3.32. The normalized spacial score (nSPS) is 20.9. The van der Waals surface area contributed by atoms with Gasteiger partial charge in [-0.1, -0.05) is 6.42 Å². The number of nitrogens with zero attached hydrogens (tertiary/aromatic N) is 3. The van der Waals surface area contributed by atoms with E-state index in [1.807, 2.05) is 0 Å². The van der Waals surface area contributed by atoms with Gasteiger partial charge in [0.1, 0.15) is 5.75 Å². The number of carbonyl (C=O) groups is 2. The highest BCUT2D eigenvalue weighted by Crippen LogP contribution is 2.36. The molecule has 2 aromatic carbocycles. The van der Waals surface area contributed by atoms with Gasteiger partial charge in [0.2, 0.25) is 10.0 Å². The van der Waals surface area contributed by atoms with Crippen molar-refractivity contribution < 1.29 is 22.7 Å². The monoisotopic (exact) mass is 526 g/mol. The summed E-state index contributed by atoms with van der Waals surface area (Å²) in [5.74, 6) is 0.157. The number of piperidine rings is 1. The molecule has 37 heavy (non-hydrogen) atoms. The topological polar surface area (TPSA) is 99.3 Å². The smallest absolute Gasteiger partial charge is 0.267 e. The number of benzene rings is 2. The maximum atomic E-state index is 13.0. The molecule has 2 fully saturated rings. The molecule has 1 N–H and O–H groups in total. The largest absolute Gasteiger partial charge is 0.479 e. The summed E-state index contributed by atoms with van der Waals surface area (Å²) >= 11 is 0. The van der Waals surface area contributed by atoms with E-state index in [0.717, 1.165) is 32.5 Å². The number of ether oxygens (including phenoxy) is 1. The number of carbonyl (C=O) groups excluding carboxylic acids is 2. The van der Waals surface area contributed by atoms with Gasteiger partial charge in [0.15, 0.2) is 6.10 Å². The van der Waals surface area contributed by atoms with Crippen LogP contribution >= 0.6 is 0 Å². The number of rotatable bonds is 7. The minimum atomic E-state index is -3.53. The minimum Gasteiger partial charge on any atom is -0.479 e. The van der Waals surface area contributed by atoms with Gasteiger partial charge >= 0.3 is 0 Å². The van der Waals surface area contributed by atoms with Crippen LogP contribution in [0.1, 0.15) is 49.4 Å². The lowest BCUT2D eigenvalue weighted by Gasteiger charge is -2.35. The van der Waals surface area contributed by atoms with Crippen molar-refractivity contribution in [3.63, 3.8) is 0 Å². The van der Waals surface area contributed by atoms with Gasteiger partial charge in [-0.3, -0.25) is 9.59 Å². The molecule has 2 aromatic rings. The van der Waals surface area contributed by atoms with Crippen LogP contribution in [0.5, 0.6) is 5.75 Å². The Kier molecular flexibility index (Phi) is 7.50. The summed E-state index contributed by atoms with van der Waals surface area (Å²) in [7, 11) is -3.53. The molecule has 0 radical (unpaired) electrons. The van der Waals surface area contributed by atoms with Crippen LogP contribution in [-0.4, -0.2) is 74.8 Å². The molecule has 0 aliphatic carbocycles. The quantitative estimate of drug-likeness (QED) is 0.594. The highest BCUT2D eigenvalue weighted by Gasteiger charge is 2.32. The van der Waals surface area contributed by atoms with Crippen molar-refractivity contribution in [2.75, 3.05) is 49.5 Å². The van der Waals surface area contributed by atoms with E-state index in [4.69, 9.17) is 4.74 Å². The summed E-state index contributed by atoms with van der Waals surface area (Å²) in [5, 5.41) is 2.87. The first-order chi connectivity index (χ1) is 17.8. The third kappa shape index (κ3) is 5.51. The number of amides is 2. The first-order valence-electron chi connectivity index (χ1n) is 13.1. The van der Waals surface area contributed by atoms with E-state index in [9.17, 15) is 18.0 Å². The molecule has 2 amide bonds. The predicted molar refractivity (Wildman–Crippen MR) is 142 cm³/mol. The fraction of sp³-hybridized carbons (Fsp3) is 0.481. The first kappa shape index (κ1) is 25.7. The number of hydrogen-bond acceptors (Lipinski definition) is 6. The Morgan fingerprint density at radius 1 is 0.946 bits per heavy atom. The first-order valence-corrected chi connectivity index (χ1v) is 14.5. The standard InChI is InChI=1S/C27H34N4O5S/c1-20-27(33)31(18-17-29-13-3-2-4-14-29)24-19-22(9-12-25(24)36-20)28-26(32)21-7-10-23(11-8-21)37(34,35)30-15-5-6-16-30/h7-12,19-20H,2-6,13-18H2,1H3,(H,28,32). The highest BCUT2D eigenvalue weighted by molar-refractivity contribution is 7.89. The van der Waals surface area contributed by atoms with Crippen molar-refractivity contribution in [1.29, 1.82) is 0 Å². The third-order valence-electron chi connectivity index (χ3n) is 7.33. The fourth-order valence-corrected chi connectivity index (χ4v) is 6.72. The van der Waals surface area contributed by atoms with Crippen LogP contribution < -0.4 is 15.0 Å². The zero-order chi connectivity index (χ0) is 26.0. The Hall–Kier alpha value is -2.95. The molecule has 3 heterocycles. The summed E-state index contributed by atoms with van der Waals surface area (Å²) in [6.45, 7) is 6.27. The highest BCUT2D eigenvalue weighted by atomic mass is 32.2. The third-order valence-corrected chi connectivity index (χ3v) is 9.25. The summed E-state index contributed by atoms with van der Waals surface area (Å²) in [5.41, 5.74) is 1.53. The molecule has 0 aromatic heterocycles. The maximum absolute atomic E-state index is 13.0. The van der Waals surface area contributed by atoms with E-state index in [0.29, 0.717) is 42.3 Å². The van der Waals surface area contributed by atoms with Gasteiger partial charge in [-0.15, -0.1) is 0 Å². The van der Waals surface area contributed by atoms with Crippen LogP contribution in [0.25, 0.3) is 0 Å². The zero-order valence-corrected chi connectivity index (χ0v) is 22.0. The van der Waals surface area contributed by atoms with Gasteiger partial charge in [0.05, 0.1) is 10.6 Å². The van der Waals surface area contributed by atoms with E-state index in [2.05, 4.69) is 10.2 Å². The van der Waals surface area contributed by atoms with Crippen LogP contribution in [-0.2, 0) is 14.8 Å². The average molecular weight is 527 g/mol. The second-order valence-electron chi connectivity index (χ2n) is 9.92. The molecule has 10 heteroatoms. The Labute approximate surface area is 218 Å².